The molecular weight excluding hydrogens is 340 g/mol. The minimum atomic E-state index is -0.550. The van der Waals surface area contributed by atoms with Gasteiger partial charge in [-0.15, -0.1) is 0 Å². The van der Waals surface area contributed by atoms with E-state index in [1.807, 2.05) is 31.4 Å². The highest BCUT2D eigenvalue weighted by Gasteiger charge is 2.21. The predicted molar refractivity (Wildman–Crippen MR) is 97.7 cm³/mol. The predicted octanol–water partition coefficient (Wildman–Crippen LogP) is 3.00. The van der Waals surface area contributed by atoms with Crippen LogP contribution < -0.4 is 4.80 Å². The average molecular weight is 364 g/mol. The van der Waals surface area contributed by atoms with E-state index in [9.17, 15) is 9.59 Å². The number of thiazole rings is 1. The molecule has 0 bridgehead atoms. The van der Waals surface area contributed by atoms with E-state index in [4.69, 9.17) is 9.47 Å². The molecule has 0 unspecified atom stereocenters. The number of methoxy groups -OCH3 is 1. The number of carbonyl (C=O) groups excluding carboxylic acids is 2. The van der Waals surface area contributed by atoms with Crippen molar-refractivity contribution in [3.8, 4) is 0 Å². The van der Waals surface area contributed by atoms with Crippen LogP contribution in [-0.4, -0.2) is 36.8 Å². The largest absolute Gasteiger partial charge is 0.462 e. The summed E-state index contributed by atoms with van der Waals surface area (Å²) in [5, 5.41) is 0. The van der Waals surface area contributed by atoms with Crippen LogP contribution in [0, 0.1) is 5.41 Å². The summed E-state index contributed by atoms with van der Waals surface area (Å²) in [6.07, 6.45) is 0. The van der Waals surface area contributed by atoms with Gasteiger partial charge < -0.3 is 14.0 Å². The molecule has 0 saturated heterocycles. The topological polar surface area (TPSA) is 69.9 Å². The van der Waals surface area contributed by atoms with Gasteiger partial charge in [0, 0.05) is 19.1 Å². The molecule has 0 spiro atoms. The normalized spacial score (nSPS) is 12.6. The highest BCUT2D eigenvalue weighted by molar-refractivity contribution is 7.16. The van der Waals surface area contributed by atoms with Gasteiger partial charge in [0.1, 0.15) is 0 Å². The van der Waals surface area contributed by atoms with Crippen molar-refractivity contribution in [3.05, 3.63) is 28.6 Å². The smallest absolute Gasteiger partial charge is 0.338 e. The first kappa shape index (κ1) is 19.3. The van der Waals surface area contributed by atoms with Gasteiger partial charge in [-0.05, 0) is 25.1 Å². The van der Waals surface area contributed by atoms with E-state index in [0.717, 1.165) is 10.2 Å². The summed E-state index contributed by atoms with van der Waals surface area (Å²) in [6, 6.07) is 5.36. The van der Waals surface area contributed by atoms with Crippen molar-refractivity contribution in [1.29, 1.82) is 0 Å². The zero-order chi connectivity index (χ0) is 18.6. The molecule has 0 aliphatic heterocycles. The van der Waals surface area contributed by atoms with Gasteiger partial charge in [0.15, 0.2) is 4.80 Å². The van der Waals surface area contributed by atoms with Gasteiger partial charge in [0.25, 0.3) is 5.91 Å². The summed E-state index contributed by atoms with van der Waals surface area (Å²) >= 11 is 1.38. The average Bonchev–Trinajstić information content (AvgIpc) is 2.88. The summed E-state index contributed by atoms with van der Waals surface area (Å²) in [5.41, 5.74) is 0.851. The Bertz CT molecular complexity index is 843. The maximum absolute atomic E-state index is 12.3. The quantitative estimate of drug-likeness (QED) is 0.765. The van der Waals surface area contributed by atoms with Gasteiger partial charge in [-0.25, -0.2) is 4.79 Å². The number of fused-ring (bicyclic) bond motifs is 1. The van der Waals surface area contributed by atoms with Crippen molar-refractivity contribution in [2.75, 3.05) is 20.3 Å². The Hall–Kier alpha value is -1.99. The summed E-state index contributed by atoms with van der Waals surface area (Å²) < 4.78 is 13.0. The van der Waals surface area contributed by atoms with Gasteiger partial charge in [-0.2, -0.15) is 4.99 Å². The lowest BCUT2D eigenvalue weighted by molar-refractivity contribution is -0.125. The minimum Gasteiger partial charge on any atom is -0.462 e. The zero-order valence-electron chi connectivity index (χ0n) is 15.3. The number of ether oxygens (including phenoxy) is 2. The Morgan fingerprint density at radius 1 is 1.28 bits per heavy atom. The Labute approximate surface area is 151 Å². The fourth-order valence-electron chi connectivity index (χ4n) is 2.15. The molecule has 0 N–H and O–H groups in total. The zero-order valence-corrected chi connectivity index (χ0v) is 16.1. The van der Waals surface area contributed by atoms with E-state index in [0.29, 0.717) is 30.1 Å². The number of amides is 1. The Balaban J connectivity index is 2.58. The van der Waals surface area contributed by atoms with Gasteiger partial charge in [0.05, 0.1) is 29.0 Å². The van der Waals surface area contributed by atoms with Gasteiger partial charge in [-0.3, -0.25) is 4.79 Å². The lowest BCUT2D eigenvalue weighted by Crippen LogP contribution is -2.24. The number of nitrogens with zero attached hydrogens (tertiary/aromatic N) is 2. The number of rotatable bonds is 5. The van der Waals surface area contributed by atoms with Gasteiger partial charge in [0.2, 0.25) is 0 Å². The number of esters is 1. The van der Waals surface area contributed by atoms with Crippen LogP contribution in [-0.2, 0) is 20.8 Å². The first-order chi connectivity index (χ1) is 11.8. The fraction of sp³-hybridized carbons (Fsp3) is 0.500. The molecule has 1 aromatic heterocycles. The summed E-state index contributed by atoms with van der Waals surface area (Å²) in [5.74, 6) is -0.540. The molecule has 0 atom stereocenters. The lowest BCUT2D eigenvalue weighted by Gasteiger charge is -2.12. The van der Waals surface area contributed by atoms with Crippen molar-refractivity contribution >= 4 is 33.4 Å². The molecule has 1 aromatic carbocycles. The van der Waals surface area contributed by atoms with Crippen LogP contribution >= 0.6 is 11.3 Å². The third-order valence-corrected chi connectivity index (χ3v) is 4.59. The molecule has 0 aliphatic carbocycles. The van der Waals surface area contributed by atoms with E-state index in [1.54, 1.807) is 26.2 Å². The standard InChI is InChI=1S/C18H24N2O4S/c1-6-24-15(21)12-7-8-13-14(11-12)25-17(20(13)9-10-23-5)19-16(22)18(2,3)4/h7-8,11H,6,9-10H2,1-5H3. The third kappa shape index (κ3) is 4.55. The van der Waals surface area contributed by atoms with Crippen LogP contribution in [0.5, 0.6) is 0 Å². The van der Waals surface area contributed by atoms with Crippen molar-refractivity contribution in [2.45, 2.75) is 34.2 Å². The molecule has 6 nitrogen and oxygen atoms in total. The van der Waals surface area contributed by atoms with E-state index < -0.39 is 5.41 Å². The van der Waals surface area contributed by atoms with E-state index in [2.05, 4.69) is 4.99 Å². The van der Waals surface area contributed by atoms with Crippen molar-refractivity contribution in [2.24, 2.45) is 10.4 Å². The van der Waals surface area contributed by atoms with Crippen LogP contribution in [0.2, 0.25) is 0 Å². The van der Waals surface area contributed by atoms with Crippen LogP contribution in [0.25, 0.3) is 10.2 Å². The van der Waals surface area contributed by atoms with E-state index in [1.165, 1.54) is 11.3 Å². The molecule has 7 heteroatoms. The summed E-state index contributed by atoms with van der Waals surface area (Å²) in [7, 11) is 1.63. The fourth-order valence-corrected chi connectivity index (χ4v) is 3.25. The SMILES string of the molecule is CCOC(=O)c1ccc2c(c1)sc(=NC(=O)C(C)(C)C)n2CCOC. The van der Waals surface area contributed by atoms with Crippen molar-refractivity contribution in [1.82, 2.24) is 4.57 Å². The molecule has 0 radical (unpaired) electrons. The molecule has 2 rings (SSSR count). The molecule has 1 heterocycles. The first-order valence-corrected chi connectivity index (χ1v) is 8.98. The molecule has 136 valence electrons. The number of hydrogen-bond donors (Lipinski definition) is 0. The van der Waals surface area contributed by atoms with Crippen LogP contribution in [0.3, 0.4) is 0 Å². The summed E-state index contributed by atoms with van der Waals surface area (Å²) in [4.78, 5) is 29.2. The van der Waals surface area contributed by atoms with E-state index >= 15 is 0 Å². The second-order valence-electron chi connectivity index (χ2n) is 6.60. The van der Waals surface area contributed by atoms with Crippen molar-refractivity contribution < 1.29 is 19.1 Å². The minimum absolute atomic E-state index is 0.184. The molecule has 25 heavy (non-hydrogen) atoms. The molecule has 0 fully saturated rings. The first-order valence-electron chi connectivity index (χ1n) is 8.16. The second kappa shape index (κ2) is 7.93. The molecule has 0 aliphatic rings. The number of hydrogen-bond acceptors (Lipinski definition) is 5. The maximum atomic E-state index is 12.3. The van der Waals surface area contributed by atoms with Crippen LogP contribution in [0.1, 0.15) is 38.1 Å². The van der Waals surface area contributed by atoms with Gasteiger partial charge in [-0.1, -0.05) is 32.1 Å². The number of benzene rings is 1. The molecule has 0 saturated carbocycles. The summed E-state index contributed by atoms with van der Waals surface area (Å²) in [6.45, 7) is 8.69. The molecule has 1 amide bonds. The third-order valence-electron chi connectivity index (χ3n) is 3.55. The second-order valence-corrected chi connectivity index (χ2v) is 7.61. The lowest BCUT2D eigenvalue weighted by atomic mass is 9.96. The maximum Gasteiger partial charge on any atom is 0.338 e. The molecular formula is C18H24N2O4S. The monoisotopic (exact) mass is 364 g/mol. The molecule has 2 aromatic rings. The number of carbonyl (C=O) groups is 2. The van der Waals surface area contributed by atoms with Crippen LogP contribution in [0.4, 0.5) is 0 Å². The van der Waals surface area contributed by atoms with E-state index in [-0.39, 0.29) is 11.9 Å². The van der Waals surface area contributed by atoms with Crippen molar-refractivity contribution in [3.63, 3.8) is 0 Å². The highest BCUT2D eigenvalue weighted by Crippen LogP contribution is 2.21. The van der Waals surface area contributed by atoms with Gasteiger partial charge >= 0.3 is 5.97 Å². The highest BCUT2D eigenvalue weighted by atomic mass is 32.1. The van der Waals surface area contributed by atoms with Crippen LogP contribution in [0.15, 0.2) is 23.2 Å². The Kier molecular flexibility index (Phi) is 6.13. The Morgan fingerprint density at radius 3 is 2.60 bits per heavy atom. The number of aromatic nitrogens is 1. The Morgan fingerprint density at radius 2 is 2.00 bits per heavy atom.